The van der Waals surface area contributed by atoms with Gasteiger partial charge in [0.1, 0.15) is 11.6 Å². The van der Waals surface area contributed by atoms with Crippen LogP contribution in [0.4, 0.5) is 0 Å². The van der Waals surface area contributed by atoms with Crippen molar-refractivity contribution in [3.8, 4) is 5.75 Å². The number of hydrogen-bond acceptors (Lipinski definition) is 3. The van der Waals surface area contributed by atoms with Gasteiger partial charge in [0, 0.05) is 19.5 Å². The van der Waals surface area contributed by atoms with Crippen molar-refractivity contribution < 1.29 is 9.53 Å². The third-order valence-corrected chi connectivity index (χ3v) is 5.06. The first-order valence-corrected chi connectivity index (χ1v) is 8.99. The number of amides is 1. The van der Waals surface area contributed by atoms with Crippen molar-refractivity contribution in [1.82, 2.24) is 14.9 Å². The van der Waals surface area contributed by atoms with Crippen molar-refractivity contribution in [1.29, 1.82) is 0 Å². The van der Waals surface area contributed by atoms with Crippen LogP contribution in [0.25, 0.3) is 11.0 Å². The number of rotatable bonds is 5. The summed E-state index contributed by atoms with van der Waals surface area (Å²) in [6, 6.07) is 14.1. The Morgan fingerprint density at radius 1 is 1.23 bits per heavy atom. The zero-order valence-corrected chi connectivity index (χ0v) is 15.2. The minimum Gasteiger partial charge on any atom is -0.497 e. The molecule has 0 spiro atoms. The molecule has 1 aliphatic heterocycles. The summed E-state index contributed by atoms with van der Waals surface area (Å²) in [7, 11) is 1.65. The van der Waals surface area contributed by atoms with Crippen molar-refractivity contribution >= 4 is 16.9 Å². The van der Waals surface area contributed by atoms with Gasteiger partial charge in [-0.2, -0.15) is 0 Å². The second-order valence-electron chi connectivity index (χ2n) is 6.99. The number of ether oxygens (including phenoxy) is 1. The number of nitrogens with one attached hydrogen (secondary N) is 1. The van der Waals surface area contributed by atoms with E-state index >= 15 is 0 Å². The van der Waals surface area contributed by atoms with E-state index in [-0.39, 0.29) is 5.91 Å². The molecule has 1 amide bonds. The number of carbonyl (C=O) groups excluding carboxylic acids is 1. The summed E-state index contributed by atoms with van der Waals surface area (Å²) in [6.07, 6.45) is 1.30. The van der Waals surface area contributed by atoms with Crippen LogP contribution in [0.5, 0.6) is 5.75 Å². The molecule has 0 aliphatic carbocycles. The predicted molar refractivity (Wildman–Crippen MR) is 101 cm³/mol. The summed E-state index contributed by atoms with van der Waals surface area (Å²) >= 11 is 0. The van der Waals surface area contributed by atoms with E-state index in [1.807, 2.05) is 35.2 Å². The standard InChI is InChI=1S/C21H23N3O2/c1-14-3-9-18-19(11-14)23-21(22-18)16-12-24(13-16)20(25)10-6-15-4-7-17(26-2)8-5-15/h3-5,7-9,11,16H,6,10,12-13H2,1-2H3,(H,22,23). The number of hydrogen-bond donors (Lipinski definition) is 1. The minimum atomic E-state index is 0.212. The van der Waals surface area contributed by atoms with E-state index in [2.05, 4.69) is 29.0 Å². The Morgan fingerprint density at radius 3 is 2.73 bits per heavy atom. The molecule has 1 fully saturated rings. The average molecular weight is 349 g/mol. The fourth-order valence-electron chi connectivity index (χ4n) is 3.39. The lowest BCUT2D eigenvalue weighted by atomic mass is 9.98. The lowest BCUT2D eigenvalue weighted by Gasteiger charge is -2.38. The first-order valence-electron chi connectivity index (χ1n) is 8.99. The molecule has 1 N–H and O–H groups in total. The Hall–Kier alpha value is -2.82. The third kappa shape index (κ3) is 3.29. The predicted octanol–water partition coefficient (Wildman–Crippen LogP) is 3.44. The van der Waals surface area contributed by atoms with Crippen molar-refractivity contribution in [3.63, 3.8) is 0 Å². The molecule has 1 aliphatic rings. The molecule has 26 heavy (non-hydrogen) atoms. The fourth-order valence-corrected chi connectivity index (χ4v) is 3.39. The highest BCUT2D eigenvalue weighted by Crippen LogP contribution is 2.27. The van der Waals surface area contributed by atoms with E-state index in [4.69, 9.17) is 4.74 Å². The molecule has 134 valence electrons. The van der Waals surface area contributed by atoms with E-state index in [0.717, 1.165) is 47.7 Å². The third-order valence-electron chi connectivity index (χ3n) is 5.06. The maximum Gasteiger partial charge on any atom is 0.222 e. The number of benzene rings is 2. The Labute approximate surface area is 153 Å². The highest BCUT2D eigenvalue weighted by Gasteiger charge is 2.33. The van der Waals surface area contributed by atoms with Crippen LogP contribution in [0.15, 0.2) is 42.5 Å². The van der Waals surface area contributed by atoms with Crippen molar-refractivity contribution in [2.75, 3.05) is 20.2 Å². The van der Waals surface area contributed by atoms with Crippen LogP contribution < -0.4 is 4.74 Å². The zero-order chi connectivity index (χ0) is 18.1. The maximum absolute atomic E-state index is 12.4. The molecule has 5 nitrogen and oxygen atoms in total. The topological polar surface area (TPSA) is 58.2 Å². The van der Waals surface area contributed by atoms with Gasteiger partial charge in [0.25, 0.3) is 0 Å². The van der Waals surface area contributed by atoms with Crippen molar-refractivity contribution in [2.24, 2.45) is 0 Å². The normalized spacial score (nSPS) is 14.5. The number of nitrogens with zero attached hydrogens (tertiary/aromatic N) is 2. The largest absolute Gasteiger partial charge is 0.497 e. The van der Waals surface area contributed by atoms with Gasteiger partial charge in [-0.15, -0.1) is 0 Å². The molecule has 0 bridgehead atoms. The Morgan fingerprint density at radius 2 is 2.00 bits per heavy atom. The number of carbonyl (C=O) groups is 1. The smallest absolute Gasteiger partial charge is 0.222 e. The number of aromatic amines is 1. The summed E-state index contributed by atoms with van der Waals surface area (Å²) in [6.45, 7) is 3.58. The van der Waals surface area contributed by atoms with Crippen molar-refractivity contribution in [3.05, 3.63) is 59.4 Å². The molecule has 2 heterocycles. The van der Waals surface area contributed by atoms with E-state index in [1.165, 1.54) is 5.56 Å². The van der Waals surface area contributed by atoms with Gasteiger partial charge in [0.2, 0.25) is 5.91 Å². The molecule has 4 rings (SSSR count). The van der Waals surface area contributed by atoms with Crippen LogP contribution in [0.3, 0.4) is 0 Å². The lowest BCUT2D eigenvalue weighted by Crippen LogP contribution is -2.48. The van der Waals surface area contributed by atoms with Crippen molar-refractivity contribution in [2.45, 2.75) is 25.7 Å². The number of H-pyrrole nitrogens is 1. The van der Waals surface area contributed by atoms with Gasteiger partial charge < -0.3 is 14.6 Å². The summed E-state index contributed by atoms with van der Waals surface area (Å²) < 4.78 is 5.16. The molecule has 5 heteroatoms. The lowest BCUT2D eigenvalue weighted by molar-refractivity contribution is -0.135. The van der Waals surface area contributed by atoms with Crippen LogP contribution in [0, 0.1) is 6.92 Å². The van der Waals surface area contributed by atoms with Gasteiger partial charge in [0.15, 0.2) is 0 Å². The molecule has 0 unspecified atom stereocenters. The molecule has 0 radical (unpaired) electrons. The fraction of sp³-hybridized carbons (Fsp3) is 0.333. The molecular weight excluding hydrogens is 326 g/mol. The van der Waals surface area contributed by atoms with Gasteiger partial charge in [-0.3, -0.25) is 4.79 Å². The number of aromatic nitrogens is 2. The average Bonchev–Trinajstić information content (AvgIpc) is 3.01. The highest BCUT2D eigenvalue weighted by atomic mass is 16.5. The van der Waals surface area contributed by atoms with E-state index in [9.17, 15) is 4.79 Å². The number of likely N-dealkylation sites (tertiary alicyclic amines) is 1. The molecule has 2 aromatic carbocycles. The monoisotopic (exact) mass is 349 g/mol. The van der Waals surface area contributed by atoms with E-state index in [0.29, 0.717) is 12.3 Å². The Balaban J connectivity index is 1.31. The van der Waals surface area contributed by atoms with Gasteiger partial charge in [-0.05, 0) is 48.7 Å². The summed E-state index contributed by atoms with van der Waals surface area (Å²) in [5.74, 6) is 2.35. The maximum atomic E-state index is 12.4. The van der Waals surface area contributed by atoms with Gasteiger partial charge in [-0.25, -0.2) is 4.98 Å². The number of aryl methyl sites for hydroxylation is 2. The SMILES string of the molecule is COc1ccc(CCC(=O)N2CC(c3nc4ccc(C)cc4[nH]3)C2)cc1. The number of methoxy groups -OCH3 is 1. The van der Waals surface area contributed by atoms with Crippen LogP contribution in [-0.4, -0.2) is 41.0 Å². The second-order valence-corrected chi connectivity index (χ2v) is 6.99. The molecule has 1 saturated heterocycles. The summed E-state index contributed by atoms with van der Waals surface area (Å²) in [4.78, 5) is 22.4. The van der Waals surface area contributed by atoms with Crippen LogP contribution >= 0.6 is 0 Å². The quantitative estimate of drug-likeness (QED) is 0.768. The molecule has 3 aromatic rings. The van der Waals surface area contributed by atoms with E-state index in [1.54, 1.807) is 7.11 Å². The van der Waals surface area contributed by atoms with Crippen LogP contribution in [0.1, 0.15) is 29.3 Å². The summed E-state index contributed by atoms with van der Waals surface area (Å²) in [5.41, 5.74) is 4.44. The zero-order valence-electron chi connectivity index (χ0n) is 15.2. The Bertz CT molecular complexity index is 924. The molecule has 1 aromatic heterocycles. The van der Waals surface area contributed by atoms with Crippen LogP contribution in [-0.2, 0) is 11.2 Å². The molecular formula is C21H23N3O2. The Kier molecular flexibility index (Phi) is 4.37. The molecule has 0 saturated carbocycles. The van der Waals surface area contributed by atoms with E-state index < -0.39 is 0 Å². The first kappa shape index (κ1) is 16.6. The summed E-state index contributed by atoms with van der Waals surface area (Å²) in [5, 5.41) is 0. The molecule has 0 atom stereocenters. The number of imidazole rings is 1. The van der Waals surface area contributed by atoms with Gasteiger partial charge >= 0.3 is 0 Å². The van der Waals surface area contributed by atoms with Crippen LogP contribution in [0.2, 0.25) is 0 Å². The highest BCUT2D eigenvalue weighted by molar-refractivity contribution is 5.78. The first-order chi connectivity index (χ1) is 12.6. The minimum absolute atomic E-state index is 0.212. The number of fused-ring (bicyclic) bond motifs is 1. The second kappa shape index (κ2) is 6.83. The van der Waals surface area contributed by atoms with Gasteiger partial charge in [0.05, 0.1) is 24.1 Å². The van der Waals surface area contributed by atoms with Gasteiger partial charge in [-0.1, -0.05) is 18.2 Å².